The maximum Gasteiger partial charge on any atom is 0.573 e. The minimum Gasteiger partial charge on any atom is -0.406 e. The molecule has 0 aromatic heterocycles. The van der Waals surface area contributed by atoms with Crippen molar-refractivity contribution in [1.29, 1.82) is 0 Å². The van der Waals surface area contributed by atoms with Crippen molar-refractivity contribution in [3.63, 3.8) is 0 Å². The lowest BCUT2D eigenvalue weighted by Crippen LogP contribution is -2.27. The molecule has 1 atom stereocenters. The third-order valence-electron chi connectivity index (χ3n) is 7.60. The van der Waals surface area contributed by atoms with E-state index in [1.165, 1.54) is 76.3 Å². The molecule has 0 radical (unpaired) electrons. The topological polar surface area (TPSA) is 9.23 Å². The van der Waals surface area contributed by atoms with Crippen LogP contribution in [-0.2, 0) is 0 Å². The lowest BCUT2D eigenvalue weighted by atomic mass is 9.66. The van der Waals surface area contributed by atoms with Crippen LogP contribution < -0.4 is 4.74 Å². The van der Waals surface area contributed by atoms with Crippen LogP contribution in [0.1, 0.15) is 89.0 Å². The number of ether oxygens (including phenoxy) is 1. The van der Waals surface area contributed by atoms with Gasteiger partial charge in [0.2, 0.25) is 0 Å². The molecule has 3 rings (SSSR count). The Hall–Kier alpha value is -1.45. The van der Waals surface area contributed by atoms with Crippen LogP contribution in [0, 0.1) is 23.7 Å². The normalized spacial score (nSPS) is 28.7. The number of alkyl halides is 3. The molecule has 0 amide bonds. The second kappa shape index (κ2) is 10.7. The highest BCUT2D eigenvalue weighted by Gasteiger charge is 2.34. The molecule has 1 nitrogen and oxygen atoms in total. The number of allylic oxidation sites excluding steroid dienone is 1. The number of rotatable bonds is 8. The fraction of sp³-hybridized carbons (Fsp3) is 0.692. The first kappa shape index (κ1) is 23.2. The van der Waals surface area contributed by atoms with E-state index in [1.54, 1.807) is 12.1 Å². The van der Waals surface area contributed by atoms with Crippen LogP contribution >= 0.6 is 0 Å². The van der Waals surface area contributed by atoms with Gasteiger partial charge in [0.15, 0.2) is 0 Å². The molecule has 2 aliphatic carbocycles. The van der Waals surface area contributed by atoms with Gasteiger partial charge in [0, 0.05) is 0 Å². The van der Waals surface area contributed by atoms with Crippen LogP contribution in [-0.4, -0.2) is 6.36 Å². The van der Waals surface area contributed by atoms with Gasteiger partial charge in [-0.25, -0.2) is 0 Å². The first-order chi connectivity index (χ1) is 14.4. The number of benzene rings is 1. The highest BCUT2D eigenvalue weighted by molar-refractivity contribution is 5.30. The average molecular weight is 423 g/mol. The standard InChI is InChI=1S/C26H37F3O/c1-3-5-19-7-9-20(10-8-19)21-11-13-22(14-12-21)25(6-4-2)23-15-17-24(18-16-23)30-26(27,28)29/h4,15-22,25H,2-3,5-14H2,1H3/t19-,20-,21?,22?,25?. The van der Waals surface area contributed by atoms with Crippen molar-refractivity contribution in [2.24, 2.45) is 23.7 Å². The van der Waals surface area contributed by atoms with E-state index in [-0.39, 0.29) is 5.75 Å². The second-order valence-electron chi connectivity index (χ2n) is 9.49. The molecule has 2 aliphatic rings. The van der Waals surface area contributed by atoms with E-state index in [9.17, 15) is 13.2 Å². The van der Waals surface area contributed by atoms with Gasteiger partial charge >= 0.3 is 6.36 Å². The molecular weight excluding hydrogens is 385 g/mol. The van der Waals surface area contributed by atoms with Crippen LogP contribution in [0.25, 0.3) is 0 Å². The Morgan fingerprint density at radius 3 is 2.03 bits per heavy atom. The summed E-state index contributed by atoms with van der Waals surface area (Å²) >= 11 is 0. The zero-order chi connectivity index (χ0) is 21.6. The molecule has 0 spiro atoms. The Labute approximate surface area is 180 Å². The minimum atomic E-state index is -4.64. The third-order valence-corrected chi connectivity index (χ3v) is 7.60. The third kappa shape index (κ3) is 6.52. The van der Waals surface area contributed by atoms with Crippen LogP contribution in [0.2, 0.25) is 0 Å². The zero-order valence-corrected chi connectivity index (χ0v) is 18.3. The van der Waals surface area contributed by atoms with Gasteiger partial charge < -0.3 is 4.74 Å². The van der Waals surface area contributed by atoms with Gasteiger partial charge in [0.25, 0.3) is 0 Å². The molecule has 1 aromatic carbocycles. The largest absolute Gasteiger partial charge is 0.573 e. The molecule has 2 saturated carbocycles. The Kier molecular flexibility index (Phi) is 8.30. The molecule has 0 heterocycles. The Morgan fingerprint density at radius 2 is 1.53 bits per heavy atom. The summed E-state index contributed by atoms with van der Waals surface area (Å²) in [4.78, 5) is 0. The molecule has 168 valence electrons. The molecule has 0 bridgehead atoms. The van der Waals surface area contributed by atoms with Crippen molar-refractivity contribution in [3.05, 3.63) is 42.5 Å². The van der Waals surface area contributed by atoms with E-state index < -0.39 is 6.36 Å². The molecule has 1 unspecified atom stereocenters. The SMILES string of the molecule is C=CCC(c1ccc(OC(F)(F)F)cc1)C1CCC([C@H]2CC[C@H](CCC)CC2)CC1. The van der Waals surface area contributed by atoms with Crippen molar-refractivity contribution < 1.29 is 17.9 Å². The van der Waals surface area contributed by atoms with Crippen molar-refractivity contribution in [2.75, 3.05) is 0 Å². The van der Waals surface area contributed by atoms with E-state index in [2.05, 4.69) is 18.2 Å². The monoisotopic (exact) mass is 422 g/mol. The zero-order valence-electron chi connectivity index (χ0n) is 18.3. The van der Waals surface area contributed by atoms with E-state index in [0.717, 1.165) is 29.7 Å². The summed E-state index contributed by atoms with van der Waals surface area (Å²) in [6, 6.07) is 6.49. The summed E-state index contributed by atoms with van der Waals surface area (Å²) in [6.07, 6.45) is 11.6. The Bertz CT molecular complexity index is 635. The van der Waals surface area contributed by atoms with E-state index in [4.69, 9.17) is 0 Å². The molecule has 0 N–H and O–H groups in total. The van der Waals surface area contributed by atoms with Gasteiger partial charge in [-0.3, -0.25) is 0 Å². The van der Waals surface area contributed by atoms with Crippen LogP contribution in [0.4, 0.5) is 13.2 Å². The lowest BCUT2D eigenvalue weighted by Gasteiger charge is -2.40. The Morgan fingerprint density at radius 1 is 0.967 bits per heavy atom. The minimum absolute atomic E-state index is 0.147. The molecule has 0 saturated heterocycles. The van der Waals surface area contributed by atoms with E-state index >= 15 is 0 Å². The maximum absolute atomic E-state index is 12.4. The summed E-state index contributed by atoms with van der Waals surface area (Å²) < 4.78 is 41.3. The summed E-state index contributed by atoms with van der Waals surface area (Å²) in [5, 5.41) is 0. The highest BCUT2D eigenvalue weighted by atomic mass is 19.4. The summed E-state index contributed by atoms with van der Waals surface area (Å²) in [7, 11) is 0. The van der Waals surface area contributed by atoms with Gasteiger partial charge in [0.05, 0.1) is 0 Å². The van der Waals surface area contributed by atoms with Crippen LogP contribution in [0.5, 0.6) is 5.75 Å². The molecule has 0 aliphatic heterocycles. The van der Waals surface area contributed by atoms with Crippen molar-refractivity contribution in [1.82, 2.24) is 0 Å². The van der Waals surface area contributed by atoms with Gasteiger partial charge in [0.1, 0.15) is 5.75 Å². The summed E-state index contributed by atoms with van der Waals surface area (Å²) in [5.41, 5.74) is 1.10. The van der Waals surface area contributed by atoms with Gasteiger partial charge in [-0.2, -0.15) is 0 Å². The van der Waals surface area contributed by atoms with Crippen LogP contribution in [0.3, 0.4) is 0 Å². The highest BCUT2D eigenvalue weighted by Crippen LogP contribution is 2.46. The molecule has 30 heavy (non-hydrogen) atoms. The fourth-order valence-electron chi connectivity index (χ4n) is 6.07. The maximum atomic E-state index is 12.4. The van der Waals surface area contributed by atoms with Crippen molar-refractivity contribution in [3.8, 4) is 5.75 Å². The van der Waals surface area contributed by atoms with E-state index in [1.807, 2.05) is 6.08 Å². The lowest BCUT2D eigenvalue weighted by molar-refractivity contribution is -0.274. The van der Waals surface area contributed by atoms with Crippen molar-refractivity contribution in [2.45, 2.75) is 89.8 Å². The smallest absolute Gasteiger partial charge is 0.406 e. The fourth-order valence-corrected chi connectivity index (χ4v) is 6.07. The first-order valence-corrected chi connectivity index (χ1v) is 11.9. The van der Waals surface area contributed by atoms with Gasteiger partial charge in [-0.05, 0) is 92.2 Å². The number of hydrogen-bond donors (Lipinski definition) is 0. The Balaban J connectivity index is 1.55. The number of hydrogen-bond acceptors (Lipinski definition) is 1. The second-order valence-corrected chi connectivity index (χ2v) is 9.49. The number of halogens is 3. The predicted octanol–water partition coefficient (Wildman–Crippen LogP) is 8.66. The first-order valence-electron chi connectivity index (χ1n) is 11.9. The molecule has 4 heteroatoms. The quantitative estimate of drug-likeness (QED) is 0.381. The summed E-state index contributed by atoms with van der Waals surface area (Å²) in [6.45, 7) is 6.22. The van der Waals surface area contributed by atoms with E-state index in [0.29, 0.717) is 11.8 Å². The van der Waals surface area contributed by atoms with Crippen LogP contribution in [0.15, 0.2) is 36.9 Å². The van der Waals surface area contributed by atoms with Gasteiger partial charge in [-0.1, -0.05) is 50.8 Å². The molecular formula is C26H37F3O. The average Bonchev–Trinajstić information content (AvgIpc) is 2.73. The summed E-state index contributed by atoms with van der Waals surface area (Å²) in [5.74, 6) is 3.52. The van der Waals surface area contributed by atoms with Crippen molar-refractivity contribution >= 4 is 0 Å². The predicted molar refractivity (Wildman–Crippen MR) is 116 cm³/mol. The van der Waals surface area contributed by atoms with Gasteiger partial charge in [-0.15, -0.1) is 19.8 Å². The molecule has 1 aromatic rings. The molecule has 2 fully saturated rings.